The lowest BCUT2D eigenvalue weighted by Crippen LogP contribution is -2.00. The number of aliphatic hydroxyl groups excluding tert-OH is 1. The Bertz CT molecular complexity index is 456. The fourth-order valence-electron chi connectivity index (χ4n) is 1.33. The summed E-state index contributed by atoms with van der Waals surface area (Å²) in [5, 5.41) is 11.8. The topological polar surface area (TPSA) is 20.2 Å². The van der Waals surface area contributed by atoms with Gasteiger partial charge in [0, 0.05) is 10.4 Å². The molecule has 1 N–H and O–H groups in total. The molecule has 0 amide bonds. The van der Waals surface area contributed by atoms with Crippen LogP contribution in [0.25, 0.3) is 0 Å². The zero-order valence-electron chi connectivity index (χ0n) is 7.65. The molecule has 0 saturated carbocycles. The number of aliphatic hydroxyl groups is 1. The van der Waals surface area contributed by atoms with Gasteiger partial charge in [0.2, 0.25) is 0 Å². The van der Waals surface area contributed by atoms with Crippen LogP contribution in [-0.2, 0) is 0 Å². The van der Waals surface area contributed by atoms with E-state index in [4.69, 9.17) is 0 Å². The van der Waals surface area contributed by atoms with Gasteiger partial charge in [0.1, 0.15) is 11.9 Å². The number of halogens is 2. The quantitative estimate of drug-likeness (QED) is 0.892. The van der Waals surface area contributed by atoms with E-state index in [-0.39, 0.29) is 0 Å². The van der Waals surface area contributed by atoms with Gasteiger partial charge in [0.05, 0.1) is 4.47 Å². The van der Waals surface area contributed by atoms with Crippen molar-refractivity contribution in [2.45, 2.75) is 6.10 Å². The Morgan fingerprint density at radius 2 is 2.07 bits per heavy atom. The molecule has 0 radical (unpaired) electrons. The molecular weight excluding hydrogens is 279 g/mol. The smallest absolute Gasteiger partial charge is 0.143 e. The highest BCUT2D eigenvalue weighted by Gasteiger charge is 2.16. The first-order valence-electron chi connectivity index (χ1n) is 4.35. The van der Waals surface area contributed by atoms with E-state index in [2.05, 4.69) is 15.9 Å². The van der Waals surface area contributed by atoms with Crippen molar-refractivity contribution in [2.75, 3.05) is 0 Å². The highest BCUT2D eigenvalue weighted by molar-refractivity contribution is 9.10. The van der Waals surface area contributed by atoms with Gasteiger partial charge in [-0.25, -0.2) is 4.39 Å². The van der Waals surface area contributed by atoms with Crippen LogP contribution in [0.5, 0.6) is 0 Å². The van der Waals surface area contributed by atoms with E-state index in [0.717, 1.165) is 4.88 Å². The summed E-state index contributed by atoms with van der Waals surface area (Å²) >= 11 is 4.50. The number of hydrogen-bond acceptors (Lipinski definition) is 2. The molecule has 0 saturated heterocycles. The molecule has 78 valence electrons. The molecular formula is C11H8BrFOS. The highest BCUT2D eigenvalue weighted by Crippen LogP contribution is 2.30. The molecule has 1 unspecified atom stereocenters. The van der Waals surface area contributed by atoms with Crippen LogP contribution in [0.4, 0.5) is 4.39 Å². The normalized spacial score (nSPS) is 12.7. The van der Waals surface area contributed by atoms with Crippen LogP contribution in [0.15, 0.2) is 40.2 Å². The Balaban J connectivity index is 2.42. The highest BCUT2D eigenvalue weighted by atomic mass is 79.9. The van der Waals surface area contributed by atoms with Crippen molar-refractivity contribution in [2.24, 2.45) is 0 Å². The number of rotatable bonds is 2. The maximum Gasteiger partial charge on any atom is 0.143 e. The SMILES string of the molecule is OC(c1cccs1)c1cccc(Br)c1F. The number of hydrogen-bond donors (Lipinski definition) is 1. The second-order valence-corrected chi connectivity index (χ2v) is 4.89. The summed E-state index contributed by atoms with van der Waals surface area (Å²) in [6.07, 6.45) is -0.887. The summed E-state index contributed by atoms with van der Waals surface area (Å²) in [7, 11) is 0. The lowest BCUT2D eigenvalue weighted by Gasteiger charge is -2.10. The zero-order chi connectivity index (χ0) is 10.8. The fourth-order valence-corrected chi connectivity index (χ4v) is 2.44. The van der Waals surface area contributed by atoms with Crippen molar-refractivity contribution in [1.82, 2.24) is 0 Å². The lowest BCUT2D eigenvalue weighted by atomic mass is 10.1. The predicted octanol–water partition coefficient (Wildman–Crippen LogP) is 3.73. The third-order valence-corrected chi connectivity index (χ3v) is 3.63. The molecule has 0 aliphatic rings. The molecule has 4 heteroatoms. The molecule has 1 aromatic carbocycles. The Morgan fingerprint density at radius 3 is 2.73 bits per heavy atom. The van der Waals surface area contributed by atoms with Gasteiger partial charge in [0.15, 0.2) is 0 Å². The van der Waals surface area contributed by atoms with Gasteiger partial charge >= 0.3 is 0 Å². The van der Waals surface area contributed by atoms with E-state index in [1.54, 1.807) is 24.3 Å². The first-order chi connectivity index (χ1) is 7.20. The largest absolute Gasteiger partial charge is 0.383 e. The van der Waals surface area contributed by atoms with Crippen molar-refractivity contribution >= 4 is 27.3 Å². The first kappa shape index (κ1) is 10.8. The molecule has 2 aromatic rings. The summed E-state index contributed by atoms with van der Waals surface area (Å²) < 4.78 is 14.0. The van der Waals surface area contributed by atoms with Crippen molar-refractivity contribution in [3.05, 3.63) is 56.4 Å². The van der Waals surface area contributed by atoms with Crippen molar-refractivity contribution < 1.29 is 9.50 Å². The van der Waals surface area contributed by atoms with Crippen LogP contribution in [0, 0.1) is 5.82 Å². The van der Waals surface area contributed by atoms with E-state index < -0.39 is 11.9 Å². The van der Waals surface area contributed by atoms with Crippen LogP contribution < -0.4 is 0 Å². The molecule has 0 spiro atoms. The zero-order valence-corrected chi connectivity index (χ0v) is 10.1. The molecule has 1 atom stereocenters. The number of thiophene rings is 1. The minimum absolute atomic E-state index is 0.298. The van der Waals surface area contributed by atoms with Gasteiger partial charge < -0.3 is 5.11 Å². The molecule has 1 nitrogen and oxygen atoms in total. The van der Waals surface area contributed by atoms with Crippen molar-refractivity contribution in [3.8, 4) is 0 Å². The predicted molar refractivity (Wildman–Crippen MR) is 62.5 cm³/mol. The second kappa shape index (κ2) is 4.43. The molecule has 0 aliphatic carbocycles. The van der Waals surface area contributed by atoms with Crippen LogP contribution >= 0.6 is 27.3 Å². The maximum absolute atomic E-state index is 13.6. The molecule has 0 bridgehead atoms. The summed E-state index contributed by atoms with van der Waals surface area (Å²) in [6, 6.07) is 8.53. The molecule has 2 rings (SSSR count). The van der Waals surface area contributed by atoms with E-state index in [1.807, 2.05) is 11.4 Å². The first-order valence-corrected chi connectivity index (χ1v) is 6.03. The fraction of sp³-hybridized carbons (Fsp3) is 0.0909. The summed E-state index contributed by atoms with van der Waals surface area (Å²) in [6.45, 7) is 0. The van der Waals surface area contributed by atoms with Crippen molar-refractivity contribution in [3.63, 3.8) is 0 Å². The Labute approximate surface area is 99.3 Å². The summed E-state index contributed by atoms with van der Waals surface area (Å²) in [5.74, 6) is -0.404. The van der Waals surface area contributed by atoms with Gasteiger partial charge in [0.25, 0.3) is 0 Å². The molecule has 0 aliphatic heterocycles. The van der Waals surface area contributed by atoms with Gasteiger partial charge in [-0.3, -0.25) is 0 Å². The lowest BCUT2D eigenvalue weighted by molar-refractivity contribution is 0.218. The summed E-state index contributed by atoms with van der Waals surface area (Å²) in [4.78, 5) is 0.743. The number of benzene rings is 1. The second-order valence-electron chi connectivity index (χ2n) is 3.06. The molecule has 1 aromatic heterocycles. The monoisotopic (exact) mass is 286 g/mol. The molecule has 15 heavy (non-hydrogen) atoms. The van der Waals surface area contributed by atoms with E-state index >= 15 is 0 Å². The average Bonchev–Trinajstić information content (AvgIpc) is 2.74. The van der Waals surface area contributed by atoms with E-state index in [0.29, 0.717) is 10.0 Å². The third-order valence-electron chi connectivity index (χ3n) is 2.09. The van der Waals surface area contributed by atoms with Gasteiger partial charge in [-0.2, -0.15) is 0 Å². The van der Waals surface area contributed by atoms with Crippen LogP contribution in [0.1, 0.15) is 16.5 Å². The Hall–Kier alpha value is -0.710. The van der Waals surface area contributed by atoms with Crippen molar-refractivity contribution in [1.29, 1.82) is 0 Å². The van der Waals surface area contributed by atoms with Crippen LogP contribution in [0.2, 0.25) is 0 Å². The third kappa shape index (κ3) is 2.12. The van der Waals surface area contributed by atoms with Crippen LogP contribution in [0.3, 0.4) is 0 Å². The average molecular weight is 287 g/mol. The Morgan fingerprint density at radius 1 is 1.27 bits per heavy atom. The van der Waals surface area contributed by atoms with Crippen LogP contribution in [-0.4, -0.2) is 5.11 Å². The van der Waals surface area contributed by atoms with Gasteiger partial charge in [-0.1, -0.05) is 18.2 Å². The molecule has 0 fully saturated rings. The Kier molecular flexibility index (Phi) is 3.19. The van der Waals surface area contributed by atoms with E-state index in [1.165, 1.54) is 11.3 Å². The maximum atomic E-state index is 13.6. The summed E-state index contributed by atoms with van der Waals surface area (Å²) in [5.41, 5.74) is 0.298. The van der Waals surface area contributed by atoms with Gasteiger partial charge in [-0.05, 0) is 33.4 Å². The standard InChI is InChI=1S/C11H8BrFOS/c12-8-4-1-3-7(10(8)13)11(14)9-5-2-6-15-9/h1-6,11,14H. The minimum atomic E-state index is -0.887. The van der Waals surface area contributed by atoms with E-state index in [9.17, 15) is 9.50 Å². The minimum Gasteiger partial charge on any atom is -0.383 e. The van der Waals surface area contributed by atoms with Gasteiger partial charge in [-0.15, -0.1) is 11.3 Å². The molecule has 1 heterocycles.